The molecule has 1 aromatic rings. The Labute approximate surface area is 111 Å². The molecule has 0 bridgehead atoms. The summed E-state index contributed by atoms with van der Waals surface area (Å²) in [5.41, 5.74) is 0.411. The largest absolute Gasteiger partial charge is 0.352 e. The monoisotopic (exact) mass is 286 g/mol. The number of hydrogen-bond donors (Lipinski definition) is 2. The van der Waals surface area contributed by atoms with Gasteiger partial charge < -0.3 is 10.3 Å². The minimum absolute atomic E-state index is 0.0141. The lowest BCUT2D eigenvalue weighted by Crippen LogP contribution is -2.30. The molecule has 18 heavy (non-hydrogen) atoms. The lowest BCUT2D eigenvalue weighted by atomic mass is 10.1. The SMILES string of the molecule is O=C(NC[C@H]1CCS(=O)(=O)C1)c1ccc[nH]c1=S. The average Bonchev–Trinajstić information content (AvgIpc) is 2.66. The lowest BCUT2D eigenvalue weighted by Gasteiger charge is -2.09. The van der Waals surface area contributed by atoms with Crippen molar-refractivity contribution in [3.63, 3.8) is 0 Å². The number of carbonyl (C=O) groups excluding carboxylic acids is 1. The van der Waals surface area contributed by atoms with Crippen LogP contribution in [-0.2, 0) is 9.84 Å². The Kier molecular flexibility index (Phi) is 3.82. The number of aromatic nitrogens is 1. The van der Waals surface area contributed by atoms with E-state index in [9.17, 15) is 13.2 Å². The highest BCUT2D eigenvalue weighted by Crippen LogP contribution is 2.17. The number of nitrogens with one attached hydrogen (secondary N) is 2. The molecule has 98 valence electrons. The number of H-pyrrole nitrogens is 1. The summed E-state index contributed by atoms with van der Waals surface area (Å²) >= 11 is 5.00. The molecular weight excluding hydrogens is 272 g/mol. The third-order valence-electron chi connectivity index (χ3n) is 2.94. The molecule has 0 spiro atoms. The second-order valence-corrected chi connectivity index (χ2v) is 7.03. The van der Waals surface area contributed by atoms with Crippen molar-refractivity contribution >= 4 is 28.0 Å². The number of hydrogen-bond acceptors (Lipinski definition) is 4. The molecule has 2 heterocycles. The first-order valence-corrected chi connectivity index (χ1v) is 7.87. The summed E-state index contributed by atoms with van der Waals surface area (Å²) in [6.45, 7) is 0.377. The van der Waals surface area contributed by atoms with Gasteiger partial charge in [0.25, 0.3) is 5.91 Å². The van der Waals surface area contributed by atoms with Gasteiger partial charge in [0.05, 0.1) is 17.1 Å². The average molecular weight is 286 g/mol. The first-order chi connectivity index (χ1) is 8.48. The summed E-state index contributed by atoms with van der Waals surface area (Å²) in [4.78, 5) is 14.6. The van der Waals surface area contributed by atoms with Crippen molar-refractivity contribution in [2.75, 3.05) is 18.1 Å². The molecule has 1 fully saturated rings. The van der Waals surface area contributed by atoms with Crippen molar-refractivity contribution < 1.29 is 13.2 Å². The minimum atomic E-state index is -2.89. The molecule has 0 saturated carbocycles. The van der Waals surface area contributed by atoms with E-state index in [2.05, 4.69) is 10.3 Å². The topological polar surface area (TPSA) is 79.0 Å². The molecule has 0 unspecified atom stereocenters. The number of sulfone groups is 1. The van der Waals surface area contributed by atoms with Crippen molar-refractivity contribution in [2.45, 2.75) is 6.42 Å². The maximum absolute atomic E-state index is 11.8. The quantitative estimate of drug-likeness (QED) is 0.810. The van der Waals surface area contributed by atoms with Crippen LogP contribution in [0.2, 0.25) is 0 Å². The van der Waals surface area contributed by atoms with Crippen molar-refractivity contribution in [3.05, 3.63) is 28.5 Å². The first kappa shape index (κ1) is 13.2. The summed E-state index contributed by atoms with van der Waals surface area (Å²) in [6.07, 6.45) is 2.27. The van der Waals surface area contributed by atoms with E-state index >= 15 is 0 Å². The van der Waals surface area contributed by atoms with Gasteiger partial charge in [0.2, 0.25) is 0 Å². The lowest BCUT2D eigenvalue weighted by molar-refractivity contribution is 0.0947. The Morgan fingerprint density at radius 1 is 1.56 bits per heavy atom. The van der Waals surface area contributed by atoms with Gasteiger partial charge in [-0.15, -0.1) is 0 Å². The Bertz CT molecular complexity index is 607. The van der Waals surface area contributed by atoms with Crippen LogP contribution in [0.1, 0.15) is 16.8 Å². The number of aromatic amines is 1. The molecule has 1 amide bonds. The molecular formula is C11H14N2O3S2. The van der Waals surface area contributed by atoms with Gasteiger partial charge in [-0.05, 0) is 24.5 Å². The molecule has 2 rings (SSSR count). The van der Waals surface area contributed by atoms with Gasteiger partial charge in [-0.25, -0.2) is 8.42 Å². The van der Waals surface area contributed by atoms with E-state index in [4.69, 9.17) is 12.2 Å². The molecule has 1 aromatic heterocycles. The van der Waals surface area contributed by atoms with Crippen LogP contribution in [0.25, 0.3) is 0 Å². The molecule has 0 radical (unpaired) electrons. The Balaban J connectivity index is 1.94. The highest BCUT2D eigenvalue weighted by atomic mass is 32.2. The van der Waals surface area contributed by atoms with Crippen molar-refractivity contribution in [1.82, 2.24) is 10.3 Å². The second kappa shape index (κ2) is 5.19. The van der Waals surface area contributed by atoms with Gasteiger partial charge >= 0.3 is 0 Å². The molecule has 2 N–H and O–H groups in total. The van der Waals surface area contributed by atoms with E-state index < -0.39 is 9.84 Å². The van der Waals surface area contributed by atoms with Crippen LogP contribution in [0.15, 0.2) is 18.3 Å². The molecule has 0 aromatic carbocycles. The second-order valence-electron chi connectivity index (χ2n) is 4.39. The van der Waals surface area contributed by atoms with Gasteiger partial charge in [-0.3, -0.25) is 4.79 Å². The van der Waals surface area contributed by atoms with Gasteiger partial charge in [0.1, 0.15) is 4.64 Å². The van der Waals surface area contributed by atoms with Gasteiger partial charge in [-0.2, -0.15) is 0 Å². The van der Waals surface area contributed by atoms with Gasteiger partial charge in [0, 0.05) is 12.7 Å². The number of amides is 1. The Morgan fingerprint density at radius 2 is 2.33 bits per heavy atom. The number of rotatable bonds is 3. The zero-order chi connectivity index (χ0) is 13.2. The third kappa shape index (κ3) is 3.17. The number of carbonyl (C=O) groups is 1. The zero-order valence-corrected chi connectivity index (χ0v) is 11.3. The predicted molar refractivity (Wildman–Crippen MR) is 70.7 cm³/mol. The van der Waals surface area contributed by atoms with Gasteiger partial charge in [-0.1, -0.05) is 12.2 Å². The molecule has 1 saturated heterocycles. The molecule has 1 atom stereocenters. The summed E-state index contributed by atoms with van der Waals surface area (Å²) in [6, 6.07) is 3.34. The zero-order valence-electron chi connectivity index (χ0n) is 9.68. The minimum Gasteiger partial charge on any atom is -0.352 e. The fourth-order valence-electron chi connectivity index (χ4n) is 1.97. The number of pyridine rings is 1. The van der Waals surface area contributed by atoms with Crippen molar-refractivity contribution in [3.8, 4) is 0 Å². The normalized spacial score (nSPS) is 21.7. The highest BCUT2D eigenvalue weighted by Gasteiger charge is 2.28. The molecule has 1 aliphatic heterocycles. The molecule has 7 heteroatoms. The summed E-state index contributed by atoms with van der Waals surface area (Å²) in [7, 11) is -2.89. The van der Waals surface area contributed by atoms with Crippen molar-refractivity contribution in [1.29, 1.82) is 0 Å². The maximum atomic E-state index is 11.8. The van der Waals surface area contributed by atoms with Crippen LogP contribution < -0.4 is 5.32 Å². The van der Waals surface area contributed by atoms with E-state index in [-0.39, 0.29) is 23.3 Å². The van der Waals surface area contributed by atoms with Crippen LogP contribution in [0.5, 0.6) is 0 Å². The standard InChI is InChI=1S/C11H14N2O3S2/c14-10(9-2-1-4-12-11(9)17)13-6-8-3-5-18(15,16)7-8/h1-2,4,8H,3,5-7H2,(H,12,17)(H,13,14)/t8-/m1/s1. The summed E-state index contributed by atoms with van der Waals surface area (Å²) in [5.74, 6) is 0.134. The highest BCUT2D eigenvalue weighted by molar-refractivity contribution is 7.91. The molecule has 5 nitrogen and oxygen atoms in total. The maximum Gasteiger partial charge on any atom is 0.254 e. The Morgan fingerprint density at radius 3 is 2.94 bits per heavy atom. The van der Waals surface area contributed by atoms with Gasteiger partial charge in [0.15, 0.2) is 9.84 Å². The van der Waals surface area contributed by atoms with Crippen LogP contribution >= 0.6 is 12.2 Å². The molecule has 1 aliphatic rings. The summed E-state index contributed by atoms with van der Waals surface area (Å²) in [5, 5.41) is 2.73. The van der Waals surface area contributed by atoms with Crippen LogP contribution in [0.3, 0.4) is 0 Å². The van der Waals surface area contributed by atoms with E-state index in [1.165, 1.54) is 0 Å². The van der Waals surface area contributed by atoms with E-state index in [0.717, 1.165) is 0 Å². The van der Waals surface area contributed by atoms with Crippen LogP contribution in [0.4, 0.5) is 0 Å². The van der Waals surface area contributed by atoms with Crippen LogP contribution in [0, 0.1) is 10.6 Å². The fourth-order valence-corrected chi connectivity index (χ4v) is 4.06. The van der Waals surface area contributed by atoms with Crippen LogP contribution in [-0.4, -0.2) is 37.4 Å². The van der Waals surface area contributed by atoms with E-state index in [1.54, 1.807) is 18.3 Å². The Hall–Kier alpha value is -1.21. The molecule has 0 aliphatic carbocycles. The summed E-state index contributed by atoms with van der Waals surface area (Å²) < 4.78 is 22.9. The van der Waals surface area contributed by atoms with E-state index in [0.29, 0.717) is 23.2 Å². The van der Waals surface area contributed by atoms with Crippen molar-refractivity contribution in [2.24, 2.45) is 5.92 Å². The third-order valence-corrected chi connectivity index (χ3v) is 5.12. The van der Waals surface area contributed by atoms with E-state index in [1.807, 2.05) is 0 Å². The fraction of sp³-hybridized carbons (Fsp3) is 0.455. The predicted octanol–water partition coefficient (Wildman–Crippen LogP) is 0.909. The smallest absolute Gasteiger partial charge is 0.254 e. The first-order valence-electron chi connectivity index (χ1n) is 5.64.